The van der Waals surface area contributed by atoms with Crippen LogP contribution in [-0.2, 0) is 27.2 Å². The fourth-order valence-corrected chi connectivity index (χ4v) is 5.18. The number of alkyl carbamates (subject to hydrolysis) is 1. The van der Waals surface area contributed by atoms with Crippen molar-refractivity contribution in [2.24, 2.45) is 4.99 Å². The molecule has 1 aromatic heterocycles. The average molecular weight is 633 g/mol. The topological polar surface area (TPSA) is 126 Å². The number of esters is 1. The van der Waals surface area contributed by atoms with Crippen LogP contribution in [-0.4, -0.2) is 65.6 Å². The van der Waals surface area contributed by atoms with Crippen molar-refractivity contribution in [1.29, 1.82) is 0 Å². The number of benzene rings is 1. The molecule has 1 aromatic carbocycles. The number of nitrogens with one attached hydrogen (secondary N) is 3. The summed E-state index contributed by atoms with van der Waals surface area (Å²) < 4.78 is 16.6. The molecular weight excluding hydrogens is 584 g/mol. The van der Waals surface area contributed by atoms with E-state index in [1.807, 2.05) is 90.3 Å². The van der Waals surface area contributed by atoms with Gasteiger partial charge in [0.25, 0.3) is 0 Å². The highest BCUT2D eigenvalue weighted by molar-refractivity contribution is 5.85. The van der Waals surface area contributed by atoms with Crippen molar-refractivity contribution in [2.45, 2.75) is 91.0 Å². The molecule has 3 N–H and O–H groups in total. The lowest BCUT2D eigenvalue weighted by atomic mass is 10.1. The number of pyridine rings is 1. The maximum absolute atomic E-state index is 12.9. The number of aliphatic imine (C=N–C) groups is 1. The van der Waals surface area contributed by atoms with Gasteiger partial charge in [-0.25, -0.2) is 9.79 Å². The van der Waals surface area contributed by atoms with E-state index in [2.05, 4.69) is 30.8 Å². The monoisotopic (exact) mass is 632 g/mol. The Morgan fingerprint density at radius 3 is 2.54 bits per heavy atom. The third kappa shape index (κ3) is 10.6. The van der Waals surface area contributed by atoms with Gasteiger partial charge in [-0.1, -0.05) is 0 Å². The first-order valence-electron chi connectivity index (χ1n) is 15.8. The van der Waals surface area contributed by atoms with Crippen LogP contribution in [0.4, 0.5) is 10.5 Å². The Kier molecular flexibility index (Phi) is 11.4. The Morgan fingerprint density at radius 1 is 1.07 bits per heavy atom. The Balaban J connectivity index is 1.32. The van der Waals surface area contributed by atoms with Crippen LogP contribution in [0, 0.1) is 0 Å². The number of likely N-dealkylation sites (tertiary alicyclic amines) is 1. The van der Waals surface area contributed by atoms with E-state index in [-0.39, 0.29) is 12.0 Å². The number of anilines is 1. The zero-order chi connectivity index (χ0) is 33.3. The molecule has 0 saturated carbocycles. The van der Waals surface area contributed by atoms with E-state index in [9.17, 15) is 9.59 Å². The average Bonchev–Trinajstić information content (AvgIpc) is 3.31. The number of aromatic nitrogens is 1. The highest BCUT2D eigenvalue weighted by atomic mass is 16.6. The normalized spacial score (nSPS) is 16.9. The number of nitrogens with zero attached hydrogens (tertiary/aromatic N) is 3. The van der Waals surface area contributed by atoms with E-state index in [0.717, 1.165) is 66.2 Å². The molecule has 4 rings (SSSR count). The van der Waals surface area contributed by atoms with Crippen molar-refractivity contribution in [3.8, 4) is 5.75 Å². The predicted molar refractivity (Wildman–Crippen MR) is 180 cm³/mol. The number of rotatable bonds is 11. The number of carbonyl (C=O) groups excluding carboxylic acids is 2. The van der Waals surface area contributed by atoms with Crippen molar-refractivity contribution in [1.82, 2.24) is 20.5 Å². The summed E-state index contributed by atoms with van der Waals surface area (Å²) in [6.45, 7) is 13.1. The third-order valence-electron chi connectivity index (χ3n) is 7.20. The van der Waals surface area contributed by atoms with E-state index in [1.54, 1.807) is 13.3 Å². The first kappa shape index (κ1) is 34.5. The third-order valence-corrected chi connectivity index (χ3v) is 7.20. The maximum atomic E-state index is 12.9. The van der Waals surface area contributed by atoms with Crippen molar-refractivity contribution < 1.29 is 23.8 Å². The summed E-state index contributed by atoms with van der Waals surface area (Å²) in [5.74, 6) is 1.22. The SMILES string of the molecule is COc1ccc(NC2=CNC(c3ccc(CCCNC(=O)OC(C)(C)C)nc3)=CC=N2)cc1CN1CCCC1C(=O)OC(C)(C)C. The van der Waals surface area contributed by atoms with Crippen molar-refractivity contribution in [2.75, 3.05) is 25.5 Å². The van der Waals surface area contributed by atoms with Crippen LogP contribution in [0.15, 0.2) is 59.6 Å². The summed E-state index contributed by atoms with van der Waals surface area (Å²) in [4.78, 5) is 36.0. The smallest absolute Gasteiger partial charge is 0.407 e. The van der Waals surface area contributed by atoms with Gasteiger partial charge < -0.3 is 30.2 Å². The fourth-order valence-electron chi connectivity index (χ4n) is 5.18. The minimum absolute atomic E-state index is 0.178. The van der Waals surface area contributed by atoms with Gasteiger partial charge in [-0.15, -0.1) is 0 Å². The quantitative estimate of drug-likeness (QED) is 0.209. The van der Waals surface area contributed by atoms with E-state index in [0.29, 0.717) is 18.9 Å². The van der Waals surface area contributed by atoms with Gasteiger partial charge in [0, 0.05) is 59.9 Å². The van der Waals surface area contributed by atoms with E-state index < -0.39 is 17.3 Å². The molecule has 1 amide bonds. The number of hydrogen-bond donors (Lipinski definition) is 3. The summed E-state index contributed by atoms with van der Waals surface area (Å²) in [6.07, 6.45) is 10.1. The highest BCUT2D eigenvalue weighted by Crippen LogP contribution is 2.29. The summed E-state index contributed by atoms with van der Waals surface area (Å²) in [5.41, 5.74) is 3.52. The number of allylic oxidation sites excluding steroid dienone is 1. The second kappa shape index (κ2) is 15.3. The second-order valence-corrected chi connectivity index (χ2v) is 13.4. The van der Waals surface area contributed by atoms with Crippen molar-refractivity contribution in [3.63, 3.8) is 0 Å². The number of aryl methyl sites for hydroxylation is 1. The molecular formula is C35H48N6O5. The fraction of sp³-hybridized carbons (Fsp3) is 0.486. The van der Waals surface area contributed by atoms with Gasteiger partial charge in [-0.3, -0.25) is 14.7 Å². The minimum Gasteiger partial charge on any atom is -0.496 e. The predicted octanol–water partition coefficient (Wildman–Crippen LogP) is 5.78. The molecule has 1 unspecified atom stereocenters. The zero-order valence-corrected chi connectivity index (χ0v) is 28.1. The van der Waals surface area contributed by atoms with E-state index in [4.69, 9.17) is 14.2 Å². The largest absolute Gasteiger partial charge is 0.496 e. The van der Waals surface area contributed by atoms with Gasteiger partial charge in [0.05, 0.1) is 7.11 Å². The number of hydrogen-bond acceptors (Lipinski definition) is 10. The first-order chi connectivity index (χ1) is 21.8. The number of carbonyl (C=O) groups is 2. The standard InChI is InChI=1S/C35H48N6O5/c1-34(2,3)45-32(42)29-11-9-19-41(29)23-25-20-27(14-15-30(25)44-7)40-31-22-39-28(16-18-36-31)24-12-13-26(38-21-24)10-8-17-37-33(43)46-35(4,5)6/h12-16,18,20-22,29,39-40H,8-11,17,19,23H2,1-7H3,(H,37,43). The molecule has 3 heterocycles. The molecule has 0 radical (unpaired) electrons. The van der Waals surface area contributed by atoms with E-state index >= 15 is 0 Å². The molecule has 2 aliphatic heterocycles. The van der Waals surface area contributed by atoms with Crippen LogP contribution in [0.2, 0.25) is 0 Å². The molecule has 1 atom stereocenters. The lowest BCUT2D eigenvalue weighted by molar-refractivity contribution is -0.160. The molecule has 11 heteroatoms. The van der Waals surface area contributed by atoms with Crippen LogP contribution in [0.3, 0.4) is 0 Å². The van der Waals surface area contributed by atoms with Crippen LogP contribution in [0.1, 0.15) is 77.6 Å². The molecule has 1 fully saturated rings. The number of amides is 1. The summed E-state index contributed by atoms with van der Waals surface area (Å²) in [6, 6.07) is 9.64. The molecule has 0 bridgehead atoms. The number of ether oxygens (including phenoxy) is 3. The maximum Gasteiger partial charge on any atom is 0.407 e. The van der Waals surface area contributed by atoms with Crippen molar-refractivity contribution >= 4 is 29.7 Å². The van der Waals surface area contributed by atoms with Gasteiger partial charge in [-0.2, -0.15) is 0 Å². The highest BCUT2D eigenvalue weighted by Gasteiger charge is 2.34. The van der Waals surface area contributed by atoms with Crippen molar-refractivity contribution in [3.05, 3.63) is 71.4 Å². The van der Waals surface area contributed by atoms with Gasteiger partial charge in [0.15, 0.2) is 0 Å². The molecule has 0 aliphatic carbocycles. The summed E-state index contributed by atoms with van der Waals surface area (Å²) in [5, 5.41) is 9.49. The zero-order valence-electron chi connectivity index (χ0n) is 28.1. The Morgan fingerprint density at radius 2 is 1.85 bits per heavy atom. The molecule has 248 valence electrons. The lowest BCUT2D eigenvalue weighted by Crippen LogP contribution is -2.40. The van der Waals surface area contributed by atoms with Gasteiger partial charge in [-0.05, 0) is 110 Å². The van der Waals surface area contributed by atoms with Gasteiger partial charge in [0.1, 0.15) is 28.8 Å². The molecule has 46 heavy (non-hydrogen) atoms. The Hall–Kier alpha value is -4.38. The van der Waals surface area contributed by atoms with Crippen LogP contribution in [0.5, 0.6) is 5.75 Å². The Bertz CT molecular complexity index is 1450. The van der Waals surface area contributed by atoms with Gasteiger partial charge >= 0.3 is 12.1 Å². The lowest BCUT2D eigenvalue weighted by Gasteiger charge is -2.28. The summed E-state index contributed by atoms with van der Waals surface area (Å²) in [7, 11) is 1.65. The first-order valence-corrected chi connectivity index (χ1v) is 15.8. The van der Waals surface area contributed by atoms with Crippen LogP contribution in [0.25, 0.3) is 5.70 Å². The molecule has 11 nitrogen and oxygen atoms in total. The molecule has 0 spiro atoms. The van der Waals surface area contributed by atoms with Crippen LogP contribution >= 0.6 is 0 Å². The van der Waals surface area contributed by atoms with Crippen LogP contribution < -0.4 is 20.7 Å². The summed E-state index contributed by atoms with van der Waals surface area (Å²) >= 11 is 0. The molecule has 1 saturated heterocycles. The molecule has 2 aromatic rings. The van der Waals surface area contributed by atoms with Gasteiger partial charge in [0.2, 0.25) is 0 Å². The minimum atomic E-state index is -0.522. The van der Waals surface area contributed by atoms with E-state index in [1.165, 1.54) is 0 Å². The Labute approximate surface area is 272 Å². The molecule has 2 aliphatic rings. The second-order valence-electron chi connectivity index (χ2n) is 13.4. The number of methoxy groups -OCH3 is 1.